The number of benzene rings is 1. The smallest absolute Gasteiger partial charge is 0.230 e. The van der Waals surface area contributed by atoms with Gasteiger partial charge in [0.2, 0.25) is 11.8 Å². The molecular weight excluding hydrogens is 453 g/mol. The number of amidine groups is 1. The zero-order valence-corrected chi connectivity index (χ0v) is 21.3. The van der Waals surface area contributed by atoms with Crippen LogP contribution in [0.3, 0.4) is 0 Å². The van der Waals surface area contributed by atoms with E-state index in [0.29, 0.717) is 55.5 Å². The number of halogens is 1. The summed E-state index contributed by atoms with van der Waals surface area (Å²) in [6.07, 6.45) is 1.66. The highest BCUT2D eigenvalue weighted by molar-refractivity contribution is 8.13. The molecule has 9 heteroatoms. The molecule has 2 heterocycles. The van der Waals surface area contributed by atoms with Crippen molar-refractivity contribution in [3.8, 4) is 0 Å². The molecule has 4 atom stereocenters. The van der Waals surface area contributed by atoms with Gasteiger partial charge in [0.1, 0.15) is 5.82 Å². The molecule has 7 nitrogen and oxygen atoms in total. The summed E-state index contributed by atoms with van der Waals surface area (Å²) in [5.41, 5.74) is 3.79. The molecule has 4 unspecified atom stereocenters. The second-order valence-corrected chi connectivity index (χ2v) is 11.3. The van der Waals surface area contributed by atoms with E-state index in [1.807, 2.05) is 11.0 Å². The van der Waals surface area contributed by atoms with Gasteiger partial charge in [0.25, 0.3) is 0 Å². The van der Waals surface area contributed by atoms with Crippen LogP contribution >= 0.6 is 11.8 Å². The second-order valence-electron chi connectivity index (χ2n) is 10.4. The van der Waals surface area contributed by atoms with Crippen LogP contribution in [0.5, 0.6) is 0 Å². The third-order valence-electron chi connectivity index (χ3n) is 6.76. The van der Waals surface area contributed by atoms with Gasteiger partial charge >= 0.3 is 0 Å². The number of fused-ring (bicyclic) bond motifs is 3. The van der Waals surface area contributed by atoms with Crippen LogP contribution in [0.2, 0.25) is 0 Å². The van der Waals surface area contributed by atoms with Crippen LogP contribution in [-0.2, 0) is 15.3 Å². The van der Waals surface area contributed by atoms with Crippen LogP contribution in [0.15, 0.2) is 29.4 Å². The molecule has 3 aliphatic rings. The van der Waals surface area contributed by atoms with E-state index in [1.165, 1.54) is 17.8 Å². The van der Waals surface area contributed by atoms with Crippen LogP contribution < -0.4 is 10.7 Å². The maximum Gasteiger partial charge on any atom is 0.230 e. The van der Waals surface area contributed by atoms with E-state index in [-0.39, 0.29) is 41.8 Å². The van der Waals surface area contributed by atoms with Gasteiger partial charge < -0.3 is 15.1 Å². The Labute approximate surface area is 205 Å². The maximum absolute atomic E-state index is 14.2. The van der Waals surface area contributed by atoms with E-state index in [0.717, 1.165) is 5.17 Å². The first-order valence-corrected chi connectivity index (χ1v) is 13.3. The van der Waals surface area contributed by atoms with E-state index >= 15 is 0 Å². The molecule has 1 aromatic carbocycles. The first-order valence-electron chi connectivity index (χ1n) is 12.3. The Balaban J connectivity index is 1.54. The Hall–Kier alpha value is -2.29. The SMILES string of the molecule is CC(C)CNC(=O)C1CCC2C(=O)N(CC(C)C)C3NN=C(SCc4ccccc4F)N3C2C1. The number of nitrogens with one attached hydrogen (secondary N) is 2. The number of nitrogens with zero attached hydrogens (tertiary/aromatic N) is 3. The zero-order valence-electron chi connectivity index (χ0n) is 20.5. The van der Waals surface area contributed by atoms with Gasteiger partial charge in [-0.3, -0.25) is 15.0 Å². The van der Waals surface area contributed by atoms with Crippen LogP contribution in [0.1, 0.15) is 52.5 Å². The topological polar surface area (TPSA) is 77.0 Å². The van der Waals surface area contributed by atoms with Crippen molar-refractivity contribution in [2.75, 3.05) is 13.1 Å². The minimum atomic E-state index is -0.364. The Morgan fingerprint density at radius 1 is 1.24 bits per heavy atom. The number of rotatable bonds is 7. The maximum atomic E-state index is 14.2. The molecule has 2 fully saturated rings. The minimum Gasteiger partial charge on any atom is -0.356 e. The molecule has 0 bridgehead atoms. The van der Waals surface area contributed by atoms with Crippen LogP contribution in [0.4, 0.5) is 4.39 Å². The molecule has 4 rings (SSSR count). The van der Waals surface area contributed by atoms with Gasteiger partial charge in [0.15, 0.2) is 11.5 Å². The largest absolute Gasteiger partial charge is 0.356 e. The molecule has 1 aromatic rings. The predicted molar refractivity (Wildman–Crippen MR) is 133 cm³/mol. The van der Waals surface area contributed by atoms with Crippen molar-refractivity contribution in [1.82, 2.24) is 20.5 Å². The number of carbonyl (C=O) groups excluding carboxylic acids is 2. The lowest BCUT2D eigenvalue weighted by atomic mass is 9.75. The predicted octanol–water partition coefficient (Wildman–Crippen LogP) is 3.57. The summed E-state index contributed by atoms with van der Waals surface area (Å²) in [6, 6.07) is 6.66. The lowest BCUT2D eigenvalue weighted by Gasteiger charge is -2.51. The lowest BCUT2D eigenvalue weighted by Crippen LogP contribution is -2.68. The van der Waals surface area contributed by atoms with E-state index in [1.54, 1.807) is 12.1 Å². The van der Waals surface area contributed by atoms with Gasteiger partial charge in [-0.05, 0) is 42.7 Å². The summed E-state index contributed by atoms with van der Waals surface area (Å²) in [7, 11) is 0. The number of hydrazone groups is 1. The fourth-order valence-corrected chi connectivity index (χ4v) is 6.11. The van der Waals surface area contributed by atoms with Crippen LogP contribution in [-0.4, -0.2) is 52.2 Å². The molecule has 0 radical (unpaired) electrons. The Bertz CT molecular complexity index is 940. The van der Waals surface area contributed by atoms with Crippen molar-refractivity contribution < 1.29 is 14.0 Å². The molecule has 2 amide bonds. The fourth-order valence-electron chi connectivity index (χ4n) is 5.09. The van der Waals surface area contributed by atoms with Gasteiger partial charge in [-0.15, -0.1) is 0 Å². The normalized spacial score (nSPS) is 26.3. The molecular formula is C25H36FN5O2S. The van der Waals surface area contributed by atoms with Crippen molar-refractivity contribution in [3.63, 3.8) is 0 Å². The Kier molecular flexibility index (Phi) is 7.70. The number of hydrogen-bond acceptors (Lipinski definition) is 6. The quantitative estimate of drug-likeness (QED) is 0.612. The Morgan fingerprint density at radius 2 is 2.00 bits per heavy atom. The zero-order chi connectivity index (χ0) is 24.4. The van der Waals surface area contributed by atoms with E-state index in [9.17, 15) is 14.0 Å². The molecule has 1 aliphatic carbocycles. The highest BCUT2D eigenvalue weighted by Crippen LogP contribution is 2.41. The molecule has 2 N–H and O–H groups in total. The van der Waals surface area contributed by atoms with Crippen molar-refractivity contribution in [2.24, 2.45) is 28.8 Å². The second kappa shape index (κ2) is 10.5. The third-order valence-corrected chi connectivity index (χ3v) is 7.78. The van der Waals surface area contributed by atoms with Gasteiger partial charge in [-0.1, -0.05) is 57.7 Å². The molecule has 0 aromatic heterocycles. The van der Waals surface area contributed by atoms with Crippen molar-refractivity contribution in [2.45, 2.75) is 65.0 Å². The highest BCUT2D eigenvalue weighted by atomic mass is 32.2. The standard InChI is InChI=1S/C25H36FN5O2S/c1-15(2)12-27-22(32)17-9-10-19-21(11-17)31-24(30(23(19)33)13-16(3)4)28-29-25(31)34-14-18-7-5-6-8-20(18)26/h5-8,15-17,19,21,24,28H,9-14H2,1-4H3,(H,27,32). The summed E-state index contributed by atoms with van der Waals surface area (Å²) in [5, 5.41) is 8.40. The average molecular weight is 490 g/mol. The highest BCUT2D eigenvalue weighted by Gasteiger charge is 2.53. The summed E-state index contributed by atoms with van der Waals surface area (Å²) in [4.78, 5) is 30.5. The van der Waals surface area contributed by atoms with E-state index < -0.39 is 0 Å². The number of amides is 2. The van der Waals surface area contributed by atoms with Gasteiger partial charge in [-0.2, -0.15) is 5.10 Å². The molecule has 34 heavy (non-hydrogen) atoms. The van der Waals surface area contributed by atoms with Gasteiger partial charge in [0.05, 0.1) is 5.92 Å². The summed E-state index contributed by atoms with van der Waals surface area (Å²) in [5.74, 6) is 0.857. The number of carbonyl (C=O) groups is 2. The number of thioether (sulfide) groups is 1. The average Bonchev–Trinajstić information content (AvgIpc) is 3.23. The lowest BCUT2D eigenvalue weighted by molar-refractivity contribution is -0.158. The molecule has 1 saturated carbocycles. The van der Waals surface area contributed by atoms with E-state index in [2.05, 4.69) is 48.4 Å². The molecule has 0 spiro atoms. The van der Waals surface area contributed by atoms with Gasteiger partial charge in [0, 0.05) is 30.8 Å². The third kappa shape index (κ3) is 5.19. The fraction of sp³-hybridized carbons (Fsp3) is 0.640. The van der Waals surface area contributed by atoms with Crippen molar-refractivity contribution in [1.29, 1.82) is 0 Å². The van der Waals surface area contributed by atoms with Crippen molar-refractivity contribution in [3.05, 3.63) is 35.6 Å². The molecule has 186 valence electrons. The first-order chi connectivity index (χ1) is 16.3. The van der Waals surface area contributed by atoms with E-state index in [4.69, 9.17) is 0 Å². The first kappa shape index (κ1) is 24.8. The molecule has 1 saturated heterocycles. The number of hydrogen-bond donors (Lipinski definition) is 2. The minimum absolute atomic E-state index is 0.0745. The van der Waals surface area contributed by atoms with Crippen molar-refractivity contribution >= 4 is 28.7 Å². The Morgan fingerprint density at radius 3 is 2.71 bits per heavy atom. The summed E-state index contributed by atoms with van der Waals surface area (Å²) in [6.45, 7) is 9.65. The van der Waals surface area contributed by atoms with Crippen LogP contribution in [0, 0.1) is 29.5 Å². The summed E-state index contributed by atoms with van der Waals surface area (Å²) >= 11 is 1.47. The molecule has 2 aliphatic heterocycles. The summed E-state index contributed by atoms with van der Waals surface area (Å²) < 4.78 is 14.2. The monoisotopic (exact) mass is 489 g/mol. The van der Waals surface area contributed by atoms with Crippen LogP contribution in [0.25, 0.3) is 0 Å². The van der Waals surface area contributed by atoms with Gasteiger partial charge in [-0.25, -0.2) is 4.39 Å².